The van der Waals surface area contributed by atoms with Gasteiger partial charge in [-0.2, -0.15) is 0 Å². The van der Waals surface area contributed by atoms with Crippen LogP contribution in [0.15, 0.2) is 22.7 Å². The summed E-state index contributed by atoms with van der Waals surface area (Å²) in [5.41, 5.74) is 1.94. The Balaban J connectivity index is 1.74. The van der Waals surface area contributed by atoms with Gasteiger partial charge in [0.05, 0.1) is 25.2 Å². The fourth-order valence-electron chi connectivity index (χ4n) is 3.21. The second-order valence-electron chi connectivity index (χ2n) is 6.29. The Morgan fingerprint density at radius 3 is 2.87 bits per heavy atom. The number of hydrogen-bond donors (Lipinski definition) is 0. The van der Waals surface area contributed by atoms with Crippen LogP contribution in [0, 0.1) is 12.8 Å². The van der Waals surface area contributed by atoms with Crippen LogP contribution < -0.4 is 4.90 Å². The van der Waals surface area contributed by atoms with Crippen LogP contribution in [-0.2, 0) is 14.3 Å². The predicted molar refractivity (Wildman–Crippen MR) is 91.3 cm³/mol. The van der Waals surface area contributed by atoms with Crippen LogP contribution in [0.25, 0.3) is 0 Å². The maximum absolute atomic E-state index is 12.7. The SMILES string of the molecule is Cc1cc(N2CC(C(=O)N3CCOC[C@H]3C)CC2=O)ccc1Br. The molecule has 23 heavy (non-hydrogen) atoms. The second-order valence-corrected chi connectivity index (χ2v) is 7.15. The molecule has 1 unspecified atom stereocenters. The number of rotatable bonds is 2. The van der Waals surface area contributed by atoms with E-state index in [1.54, 1.807) is 4.90 Å². The zero-order valence-electron chi connectivity index (χ0n) is 13.4. The van der Waals surface area contributed by atoms with Crippen molar-refractivity contribution in [3.63, 3.8) is 0 Å². The fourth-order valence-corrected chi connectivity index (χ4v) is 3.45. The van der Waals surface area contributed by atoms with Crippen LogP contribution in [0.4, 0.5) is 5.69 Å². The average Bonchev–Trinajstić information content (AvgIpc) is 2.92. The van der Waals surface area contributed by atoms with Crippen molar-refractivity contribution in [3.8, 4) is 0 Å². The van der Waals surface area contributed by atoms with Crippen molar-refractivity contribution in [1.29, 1.82) is 0 Å². The van der Waals surface area contributed by atoms with Crippen LogP contribution in [-0.4, -0.2) is 49.1 Å². The molecule has 2 fully saturated rings. The van der Waals surface area contributed by atoms with Crippen LogP contribution in [0.5, 0.6) is 0 Å². The highest BCUT2D eigenvalue weighted by Gasteiger charge is 2.38. The van der Waals surface area contributed by atoms with Crippen molar-refractivity contribution < 1.29 is 14.3 Å². The zero-order chi connectivity index (χ0) is 16.6. The quantitative estimate of drug-likeness (QED) is 0.791. The lowest BCUT2D eigenvalue weighted by molar-refractivity contribution is -0.143. The van der Waals surface area contributed by atoms with E-state index < -0.39 is 0 Å². The summed E-state index contributed by atoms with van der Waals surface area (Å²) in [6, 6.07) is 5.91. The third kappa shape index (κ3) is 3.28. The van der Waals surface area contributed by atoms with Crippen LogP contribution in [0.2, 0.25) is 0 Å². The van der Waals surface area contributed by atoms with E-state index in [0.29, 0.717) is 26.3 Å². The van der Waals surface area contributed by atoms with E-state index in [0.717, 1.165) is 15.7 Å². The Kier molecular flexibility index (Phi) is 4.73. The van der Waals surface area contributed by atoms with Gasteiger partial charge in [-0.05, 0) is 37.6 Å². The molecule has 2 heterocycles. The van der Waals surface area contributed by atoms with Gasteiger partial charge in [0.15, 0.2) is 0 Å². The average molecular weight is 381 g/mol. The Bertz CT molecular complexity index is 634. The third-order valence-corrected chi connectivity index (χ3v) is 5.47. The van der Waals surface area contributed by atoms with Crippen molar-refractivity contribution in [2.24, 2.45) is 5.92 Å². The minimum atomic E-state index is -0.257. The van der Waals surface area contributed by atoms with Gasteiger partial charge < -0.3 is 14.5 Å². The molecule has 0 radical (unpaired) electrons. The summed E-state index contributed by atoms with van der Waals surface area (Å²) in [5, 5.41) is 0. The molecule has 2 amide bonds. The fraction of sp³-hybridized carbons (Fsp3) is 0.529. The van der Waals surface area contributed by atoms with Crippen molar-refractivity contribution in [3.05, 3.63) is 28.2 Å². The molecule has 1 aromatic carbocycles. The van der Waals surface area contributed by atoms with Gasteiger partial charge in [-0.1, -0.05) is 15.9 Å². The van der Waals surface area contributed by atoms with E-state index in [4.69, 9.17) is 4.74 Å². The summed E-state index contributed by atoms with van der Waals surface area (Å²) in [7, 11) is 0. The monoisotopic (exact) mass is 380 g/mol. The predicted octanol–water partition coefficient (Wildman–Crippen LogP) is 2.36. The van der Waals surface area contributed by atoms with Gasteiger partial charge >= 0.3 is 0 Å². The lowest BCUT2D eigenvalue weighted by Crippen LogP contribution is -2.49. The molecule has 6 heteroatoms. The summed E-state index contributed by atoms with van der Waals surface area (Å²) < 4.78 is 6.40. The number of aryl methyl sites for hydroxylation is 1. The normalized spacial score (nSPS) is 25.1. The first-order chi connectivity index (χ1) is 11.0. The van der Waals surface area contributed by atoms with Gasteiger partial charge in [0.1, 0.15) is 0 Å². The van der Waals surface area contributed by atoms with E-state index in [2.05, 4.69) is 15.9 Å². The van der Waals surface area contributed by atoms with Crippen LogP contribution >= 0.6 is 15.9 Å². The number of halogens is 1. The minimum Gasteiger partial charge on any atom is -0.377 e. The molecule has 2 aliphatic heterocycles. The van der Waals surface area contributed by atoms with Gasteiger partial charge in [0.25, 0.3) is 0 Å². The van der Waals surface area contributed by atoms with E-state index in [1.807, 2.05) is 36.9 Å². The first-order valence-electron chi connectivity index (χ1n) is 7.92. The number of morpholine rings is 1. The van der Waals surface area contributed by atoms with E-state index in [1.165, 1.54) is 0 Å². The zero-order valence-corrected chi connectivity index (χ0v) is 15.0. The number of hydrogen-bond acceptors (Lipinski definition) is 3. The molecule has 124 valence electrons. The van der Waals surface area contributed by atoms with E-state index in [9.17, 15) is 9.59 Å². The minimum absolute atomic E-state index is 0.0194. The number of nitrogens with zero attached hydrogens (tertiary/aromatic N) is 2. The summed E-state index contributed by atoms with van der Waals surface area (Å²) in [4.78, 5) is 28.7. The largest absolute Gasteiger partial charge is 0.377 e. The number of ether oxygens (including phenoxy) is 1. The standard InChI is InChI=1S/C17H21BrN2O3/c1-11-7-14(3-4-15(11)18)20-9-13(8-16(20)21)17(22)19-5-6-23-10-12(19)2/h3-4,7,12-13H,5-6,8-10H2,1-2H3/t12-,13?/m1/s1. The van der Waals surface area contributed by atoms with Gasteiger partial charge in [0.2, 0.25) is 11.8 Å². The van der Waals surface area contributed by atoms with Gasteiger partial charge in [-0.15, -0.1) is 0 Å². The Morgan fingerprint density at radius 1 is 1.39 bits per heavy atom. The number of amides is 2. The molecule has 1 aromatic rings. The summed E-state index contributed by atoms with van der Waals surface area (Å²) >= 11 is 3.47. The Hall–Kier alpha value is -1.40. The number of benzene rings is 1. The van der Waals surface area contributed by atoms with Gasteiger partial charge in [-0.25, -0.2) is 0 Å². The maximum atomic E-state index is 12.7. The molecule has 0 saturated carbocycles. The van der Waals surface area contributed by atoms with E-state index >= 15 is 0 Å². The molecule has 0 aromatic heterocycles. The Morgan fingerprint density at radius 2 is 2.17 bits per heavy atom. The smallest absolute Gasteiger partial charge is 0.228 e. The van der Waals surface area contributed by atoms with Crippen molar-refractivity contribution in [2.75, 3.05) is 31.2 Å². The van der Waals surface area contributed by atoms with Crippen LogP contribution in [0.3, 0.4) is 0 Å². The lowest BCUT2D eigenvalue weighted by atomic mass is 10.1. The first kappa shape index (κ1) is 16.5. The topological polar surface area (TPSA) is 49.9 Å². The van der Waals surface area contributed by atoms with Crippen LogP contribution in [0.1, 0.15) is 18.9 Å². The molecule has 2 saturated heterocycles. The molecule has 3 rings (SSSR count). The highest BCUT2D eigenvalue weighted by Crippen LogP contribution is 2.29. The number of anilines is 1. The Labute approximate surface area is 144 Å². The molecular weight excluding hydrogens is 360 g/mol. The molecule has 5 nitrogen and oxygen atoms in total. The summed E-state index contributed by atoms with van der Waals surface area (Å²) in [6.07, 6.45) is 0.290. The number of carbonyl (C=O) groups excluding carboxylic acids is 2. The molecular formula is C17H21BrN2O3. The molecule has 0 bridgehead atoms. The second kappa shape index (κ2) is 6.61. The molecule has 0 aliphatic carbocycles. The van der Waals surface area contributed by atoms with Crippen molar-refractivity contribution >= 4 is 33.4 Å². The van der Waals surface area contributed by atoms with Crippen molar-refractivity contribution in [2.45, 2.75) is 26.3 Å². The maximum Gasteiger partial charge on any atom is 0.228 e. The van der Waals surface area contributed by atoms with Gasteiger partial charge in [0, 0.05) is 29.7 Å². The molecule has 2 aliphatic rings. The molecule has 0 spiro atoms. The first-order valence-corrected chi connectivity index (χ1v) is 8.71. The molecule has 0 N–H and O–H groups in total. The summed E-state index contributed by atoms with van der Waals surface area (Å²) in [6.45, 7) is 6.20. The third-order valence-electron chi connectivity index (χ3n) is 4.58. The summed E-state index contributed by atoms with van der Waals surface area (Å²) in [5.74, 6) is -0.163. The lowest BCUT2D eigenvalue weighted by Gasteiger charge is -2.34. The number of carbonyl (C=O) groups is 2. The molecule has 2 atom stereocenters. The van der Waals surface area contributed by atoms with Gasteiger partial charge in [-0.3, -0.25) is 9.59 Å². The highest BCUT2D eigenvalue weighted by molar-refractivity contribution is 9.10. The van der Waals surface area contributed by atoms with E-state index in [-0.39, 0.29) is 30.2 Å². The highest BCUT2D eigenvalue weighted by atomic mass is 79.9. The van der Waals surface area contributed by atoms with Crippen molar-refractivity contribution in [1.82, 2.24) is 4.90 Å².